The fourth-order valence-corrected chi connectivity index (χ4v) is 3.49. The number of phosphoric ester groups is 1. The molecule has 0 heterocycles. The van der Waals surface area contributed by atoms with E-state index in [1.807, 2.05) is 13.8 Å². The first-order valence-corrected chi connectivity index (χ1v) is 10.8. The summed E-state index contributed by atoms with van der Waals surface area (Å²) in [6, 6.07) is 0. The third-order valence-corrected chi connectivity index (χ3v) is 4.90. The van der Waals surface area contributed by atoms with Crippen molar-refractivity contribution in [1.29, 1.82) is 0 Å². The van der Waals surface area contributed by atoms with E-state index >= 15 is 0 Å². The van der Waals surface area contributed by atoms with Gasteiger partial charge < -0.3 is 14.2 Å². The largest absolute Gasteiger partial charge is 0.475 e. The monoisotopic (exact) mass is 428 g/mol. The lowest BCUT2D eigenvalue weighted by molar-refractivity contribution is -0.0962. The summed E-state index contributed by atoms with van der Waals surface area (Å²) in [7, 11) is -3.87. The highest BCUT2D eigenvalue weighted by molar-refractivity contribution is 7.48. The lowest BCUT2D eigenvalue weighted by Crippen LogP contribution is -2.42. The molecule has 0 aromatic rings. The molecule has 0 amide bonds. The second-order valence-electron chi connectivity index (χ2n) is 6.92. The number of hydrogen-bond acceptors (Lipinski definition) is 7. The zero-order chi connectivity index (χ0) is 22.2. The maximum absolute atomic E-state index is 13.0. The average Bonchev–Trinajstić information content (AvgIpc) is 2.64. The van der Waals surface area contributed by atoms with Gasteiger partial charge in [-0.1, -0.05) is 11.8 Å². The number of terminal acetylenes is 3. The molecule has 0 bridgehead atoms. The van der Waals surface area contributed by atoms with Crippen molar-refractivity contribution in [3.05, 3.63) is 0 Å². The first-order chi connectivity index (χ1) is 13.7. The third kappa shape index (κ3) is 13.5. The number of rotatable bonds is 17. The Balaban J connectivity index is 5.44. The van der Waals surface area contributed by atoms with Crippen molar-refractivity contribution in [1.82, 2.24) is 0 Å². The summed E-state index contributed by atoms with van der Waals surface area (Å²) in [5.41, 5.74) is -0.830. The molecule has 1 atom stereocenters. The van der Waals surface area contributed by atoms with Crippen LogP contribution in [0.4, 0.5) is 0 Å². The van der Waals surface area contributed by atoms with Gasteiger partial charge in [0.15, 0.2) is 0 Å². The summed E-state index contributed by atoms with van der Waals surface area (Å²) in [5.74, 6) is 7.22. The predicted octanol–water partition coefficient (Wildman–Crippen LogP) is 3.29. The molecule has 8 heteroatoms. The second-order valence-corrected chi connectivity index (χ2v) is 8.54. The highest BCUT2D eigenvalue weighted by atomic mass is 31.2. The fraction of sp³-hybridized carbons (Fsp3) is 0.714. The minimum absolute atomic E-state index is 0.0389. The summed E-state index contributed by atoms with van der Waals surface area (Å²) in [4.78, 5) is 0. The Hall–Kier alpha value is -1.33. The second kappa shape index (κ2) is 15.5. The first kappa shape index (κ1) is 27.7. The van der Waals surface area contributed by atoms with Gasteiger partial charge >= 0.3 is 7.82 Å². The van der Waals surface area contributed by atoms with Crippen LogP contribution in [0, 0.1) is 42.4 Å². The summed E-state index contributed by atoms with van der Waals surface area (Å²) in [5, 5.41) is 0. The Morgan fingerprint density at radius 2 is 1.41 bits per heavy atom. The van der Waals surface area contributed by atoms with Crippen LogP contribution < -0.4 is 0 Å². The summed E-state index contributed by atoms with van der Waals surface area (Å²) in [6.07, 6.45) is 15.6. The Morgan fingerprint density at radius 3 is 1.86 bits per heavy atom. The van der Waals surface area contributed by atoms with Gasteiger partial charge in [0.2, 0.25) is 0 Å². The van der Waals surface area contributed by atoms with Gasteiger partial charge in [-0.15, -0.1) is 25.2 Å². The maximum Gasteiger partial charge on any atom is 0.475 e. The van der Waals surface area contributed by atoms with Crippen molar-refractivity contribution in [2.45, 2.75) is 46.3 Å². The van der Waals surface area contributed by atoms with E-state index in [-0.39, 0.29) is 64.9 Å². The van der Waals surface area contributed by atoms with E-state index in [2.05, 4.69) is 17.8 Å². The van der Waals surface area contributed by atoms with Gasteiger partial charge in [0.05, 0.1) is 50.7 Å². The molecular formula is C21H33O7P. The SMILES string of the molecule is C#CCCOP(=O)(OCC(COCC#C)(COCC#C)COC(C)C)OC(C)C. The molecule has 164 valence electrons. The molecule has 0 aromatic carbocycles. The van der Waals surface area contributed by atoms with Crippen LogP contribution in [0.1, 0.15) is 34.1 Å². The lowest BCUT2D eigenvalue weighted by Gasteiger charge is -2.34. The van der Waals surface area contributed by atoms with Crippen molar-refractivity contribution in [2.75, 3.05) is 46.2 Å². The van der Waals surface area contributed by atoms with E-state index in [0.29, 0.717) is 0 Å². The summed E-state index contributed by atoms with van der Waals surface area (Å²) >= 11 is 0. The van der Waals surface area contributed by atoms with Crippen LogP contribution in [0.25, 0.3) is 0 Å². The van der Waals surface area contributed by atoms with Crippen LogP contribution in [-0.4, -0.2) is 58.5 Å². The van der Waals surface area contributed by atoms with Crippen molar-refractivity contribution >= 4 is 7.82 Å². The highest BCUT2D eigenvalue weighted by Gasteiger charge is 2.38. The molecule has 7 nitrogen and oxygen atoms in total. The molecule has 29 heavy (non-hydrogen) atoms. The molecule has 0 aromatic heterocycles. The summed E-state index contributed by atoms with van der Waals surface area (Å²) < 4.78 is 46.2. The predicted molar refractivity (Wildman–Crippen MR) is 112 cm³/mol. The first-order valence-electron chi connectivity index (χ1n) is 9.37. The standard InChI is InChI=1S/C21H33O7P/c1-8-11-14-26-29(22,28-20(6)7)27-18-21(15-23-12-9-2,16-24-13-10-3)17-25-19(4)5/h1-3,19-20H,11-18H2,4-7H3. The molecule has 0 saturated carbocycles. The van der Waals surface area contributed by atoms with Gasteiger partial charge in [-0.3, -0.25) is 13.6 Å². The number of ether oxygens (including phenoxy) is 3. The molecule has 0 radical (unpaired) electrons. The minimum atomic E-state index is -3.87. The molecule has 0 spiro atoms. The van der Waals surface area contributed by atoms with E-state index < -0.39 is 13.2 Å². The number of hydrogen-bond donors (Lipinski definition) is 0. The maximum atomic E-state index is 13.0. The van der Waals surface area contributed by atoms with Crippen LogP contribution in [0.15, 0.2) is 0 Å². The van der Waals surface area contributed by atoms with E-state index in [4.69, 9.17) is 47.1 Å². The van der Waals surface area contributed by atoms with Gasteiger partial charge in [-0.2, -0.15) is 0 Å². The van der Waals surface area contributed by atoms with Crippen molar-refractivity contribution in [3.8, 4) is 37.0 Å². The van der Waals surface area contributed by atoms with Gasteiger partial charge in [-0.25, -0.2) is 4.57 Å². The molecular weight excluding hydrogens is 395 g/mol. The van der Waals surface area contributed by atoms with Crippen LogP contribution >= 0.6 is 7.82 Å². The third-order valence-electron chi connectivity index (χ3n) is 3.27. The van der Waals surface area contributed by atoms with Crippen LogP contribution in [-0.2, 0) is 32.3 Å². The Labute approximate surface area is 175 Å². The smallest absolute Gasteiger partial charge is 0.378 e. The van der Waals surface area contributed by atoms with Gasteiger partial charge in [0.1, 0.15) is 13.2 Å². The molecule has 0 rings (SSSR count). The quantitative estimate of drug-likeness (QED) is 0.200. The zero-order valence-electron chi connectivity index (χ0n) is 17.8. The topological polar surface area (TPSA) is 72.5 Å². The Bertz CT molecular complexity index is 590. The molecule has 0 saturated heterocycles. The minimum Gasteiger partial charge on any atom is -0.378 e. The van der Waals surface area contributed by atoms with E-state index in [1.165, 1.54) is 0 Å². The molecule has 0 aliphatic rings. The van der Waals surface area contributed by atoms with E-state index in [9.17, 15) is 4.57 Å². The Kier molecular flexibility index (Phi) is 14.8. The van der Waals surface area contributed by atoms with Gasteiger partial charge in [0.25, 0.3) is 0 Å². The lowest BCUT2D eigenvalue weighted by atomic mass is 9.92. The highest BCUT2D eigenvalue weighted by Crippen LogP contribution is 2.51. The Morgan fingerprint density at radius 1 is 0.828 bits per heavy atom. The van der Waals surface area contributed by atoms with Gasteiger partial charge in [-0.05, 0) is 27.7 Å². The van der Waals surface area contributed by atoms with Crippen molar-refractivity contribution in [2.24, 2.45) is 5.41 Å². The number of phosphoric acid groups is 1. The molecule has 1 unspecified atom stereocenters. The molecule has 0 fully saturated rings. The fourth-order valence-electron chi connectivity index (χ4n) is 2.04. The van der Waals surface area contributed by atoms with Crippen molar-refractivity contribution in [3.63, 3.8) is 0 Å². The normalized spacial score (nSPS) is 13.6. The molecule has 0 aliphatic heterocycles. The van der Waals surface area contributed by atoms with Crippen LogP contribution in [0.5, 0.6) is 0 Å². The average molecular weight is 428 g/mol. The van der Waals surface area contributed by atoms with E-state index in [1.54, 1.807) is 13.8 Å². The van der Waals surface area contributed by atoms with Crippen LogP contribution in [0.2, 0.25) is 0 Å². The molecule has 0 aliphatic carbocycles. The summed E-state index contributed by atoms with van der Waals surface area (Å²) in [6.45, 7) is 7.86. The van der Waals surface area contributed by atoms with Gasteiger partial charge in [0, 0.05) is 6.42 Å². The zero-order valence-corrected chi connectivity index (χ0v) is 18.7. The van der Waals surface area contributed by atoms with E-state index in [0.717, 1.165) is 0 Å². The van der Waals surface area contributed by atoms with Crippen LogP contribution in [0.3, 0.4) is 0 Å². The van der Waals surface area contributed by atoms with Crippen molar-refractivity contribution < 1.29 is 32.3 Å². The molecule has 0 N–H and O–H groups in total.